The van der Waals surface area contributed by atoms with Crippen LogP contribution in [0.25, 0.3) is 21.7 Å². The highest BCUT2D eigenvalue weighted by atomic mass is 16.5. The fraction of sp³-hybridized carbons (Fsp3) is 0.174. The first-order chi connectivity index (χ1) is 14.1. The lowest BCUT2D eigenvalue weighted by atomic mass is 10.0. The summed E-state index contributed by atoms with van der Waals surface area (Å²) >= 11 is 0. The molecule has 146 valence electrons. The lowest BCUT2D eigenvalue weighted by Gasteiger charge is -2.16. The average Bonchev–Trinajstić information content (AvgIpc) is 2.74. The van der Waals surface area contributed by atoms with Gasteiger partial charge in [-0.1, -0.05) is 49.4 Å². The number of aromatic amines is 1. The number of ether oxygens (including phenoxy) is 1. The Labute approximate surface area is 167 Å². The first kappa shape index (κ1) is 18.7. The van der Waals surface area contributed by atoms with Crippen LogP contribution in [-0.4, -0.2) is 22.0 Å². The second-order valence-corrected chi connectivity index (χ2v) is 6.87. The van der Waals surface area contributed by atoms with Crippen molar-refractivity contribution in [1.29, 1.82) is 0 Å². The Morgan fingerprint density at radius 1 is 1.03 bits per heavy atom. The molecule has 1 heterocycles. The third-order valence-electron chi connectivity index (χ3n) is 4.92. The number of hydrogen-bond donors (Lipinski definition) is 1. The lowest BCUT2D eigenvalue weighted by Crippen LogP contribution is -2.32. The van der Waals surface area contributed by atoms with Crippen LogP contribution in [0, 0.1) is 0 Å². The Hall–Kier alpha value is -3.67. The summed E-state index contributed by atoms with van der Waals surface area (Å²) in [5, 5.41) is 6.58. The van der Waals surface area contributed by atoms with Crippen molar-refractivity contribution < 1.29 is 4.74 Å². The quantitative estimate of drug-likeness (QED) is 0.528. The highest BCUT2D eigenvalue weighted by molar-refractivity contribution is 6.02. The molecule has 0 spiro atoms. The van der Waals surface area contributed by atoms with Crippen LogP contribution in [0.2, 0.25) is 0 Å². The number of nitrogens with one attached hydrogen (secondary N) is 1. The fourth-order valence-electron chi connectivity index (χ4n) is 3.19. The molecule has 0 amide bonds. The van der Waals surface area contributed by atoms with Crippen LogP contribution < -0.4 is 16.0 Å². The maximum absolute atomic E-state index is 12.7. The van der Waals surface area contributed by atoms with Crippen LogP contribution in [-0.2, 0) is 0 Å². The molecule has 1 N–H and O–H groups in total. The Balaban J connectivity index is 1.88. The van der Waals surface area contributed by atoms with Gasteiger partial charge >= 0.3 is 5.69 Å². The van der Waals surface area contributed by atoms with Crippen molar-refractivity contribution >= 4 is 27.9 Å². The molecule has 4 rings (SSSR count). The second kappa shape index (κ2) is 7.75. The number of rotatable bonds is 5. The molecular weight excluding hydrogens is 366 g/mol. The van der Waals surface area contributed by atoms with Crippen molar-refractivity contribution in [3.8, 4) is 5.75 Å². The molecule has 0 radical (unpaired) electrons. The van der Waals surface area contributed by atoms with E-state index < -0.39 is 11.2 Å². The molecule has 0 aliphatic rings. The van der Waals surface area contributed by atoms with Gasteiger partial charge in [-0.2, -0.15) is 5.10 Å². The van der Waals surface area contributed by atoms with Gasteiger partial charge in [-0.05, 0) is 42.3 Å². The first-order valence-electron chi connectivity index (χ1n) is 9.55. The molecule has 0 unspecified atom stereocenters. The average molecular weight is 387 g/mol. The minimum absolute atomic E-state index is 0.0232. The summed E-state index contributed by atoms with van der Waals surface area (Å²) in [5.41, 5.74) is 0.155. The van der Waals surface area contributed by atoms with Gasteiger partial charge in [-0.15, -0.1) is 4.68 Å². The number of para-hydroxylation sites is 1. The Morgan fingerprint density at radius 2 is 1.76 bits per heavy atom. The number of hydrogen-bond acceptors (Lipinski definition) is 4. The van der Waals surface area contributed by atoms with E-state index >= 15 is 0 Å². The molecule has 29 heavy (non-hydrogen) atoms. The van der Waals surface area contributed by atoms with Gasteiger partial charge in [-0.3, -0.25) is 4.79 Å². The van der Waals surface area contributed by atoms with Gasteiger partial charge in [0.2, 0.25) is 0 Å². The van der Waals surface area contributed by atoms with Crippen LogP contribution in [0.3, 0.4) is 0 Å². The van der Waals surface area contributed by atoms with Gasteiger partial charge in [0.1, 0.15) is 5.75 Å². The van der Waals surface area contributed by atoms with Gasteiger partial charge in [0.15, 0.2) is 0 Å². The standard InChI is InChI=1S/C23H21N3O3/c1-3-15(2)29-21-13-12-16-8-4-5-9-17(16)19(21)14-24-26-22(27)18-10-6-7-11-20(18)25-23(26)28/h4-15H,3H2,1-2H3,(H,25,28)/t15-/m0/s1. The van der Waals surface area contributed by atoms with Crippen molar-refractivity contribution in [2.75, 3.05) is 0 Å². The highest BCUT2D eigenvalue weighted by Gasteiger charge is 2.11. The summed E-state index contributed by atoms with van der Waals surface area (Å²) < 4.78 is 6.90. The Morgan fingerprint density at radius 3 is 2.55 bits per heavy atom. The van der Waals surface area contributed by atoms with E-state index in [0.29, 0.717) is 16.7 Å². The van der Waals surface area contributed by atoms with Crippen molar-refractivity contribution in [2.45, 2.75) is 26.4 Å². The Kier molecular flexibility index (Phi) is 4.99. The predicted molar refractivity (Wildman–Crippen MR) is 116 cm³/mol. The van der Waals surface area contributed by atoms with E-state index in [0.717, 1.165) is 27.4 Å². The smallest absolute Gasteiger partial charge is 0.349 e. The van der Waals surface area contributed by atoms with E-state index in [-0.39, 0.29) is 6.10 Å². The molecule has 0 aliphatic heterocycles. The molecule has 3 aromatic carbocycles. The molecule has 1 atom stereocenters. The maximum atomic E-state index is 12.7. The maximum Gasteiger partial charge on any atom is 0.349 e. The Bertz CT molecular complexity index is 1330. The van der Waals surface area contributed by atoms with E-state index in [9.17, 15) is 9.59 Å². The molecule has 1 aromatic heterocycles. The van der Waals surface area contributed by atoms with Crippen molar-refractivity contribution in [1.82, 2.24) is 9.66 Å². The molecule has 0 saturated carbocycles. The van der Waals surface area contributed by atoms with E-state index in [2.05, 4.69) is 10.1 Å². The van der Waals surface area contributed by atoms with Gasteiger partial charge in [0.25, 0.3) is 5.56 Å². The molecule has 0 fully saturated rings. The van der Waals surface area contributed by atoms with E-state index in [1.165, 1.54) is 6.21 Å². The van der Waals surface area contributed by atoms with Gasteiger partial charge in [0, 0.05) is 5.56 Å². The van der Waals surface area contributed by atoms with E-state index in [1.54, 1.807) is 24.3 Å². The fourth-order valence-corrected chi connectivity index (χ4v) is 3.19. The minimum atomic E-state index is -0.588. The van der Waals surface area contributed by atoms with Gasteiger partial charge < -0.3 is 9.72 Å². The summed E-state index contributed by atoms with van der Waals surface area (Å²) in [6, 6.07) is 18.6. The third kappa shape index (κ3) is 3.57. The zero-order valence-corrected chi connectivity index (χ0v) is 16.3. The monoisotopic (exact) mass is 387 g/mol. The van der Waals surface area contributed by atoms with Crippen molar-refractivity contribution in [2.24, 2.45) is 5.10 Å². The largest absolute Gasteiger partial charge is 0.490 e. The molecule has 6 heteroatoms. The highest BCUT2D eigenvalue weighted by Crippen LogP contribution is 2.27. The third-order valence-corrected chi connectivity index (χ3v) is 4.92. The number of aromatic nitrogens is 2. The summed E-state index contributed by atoms with van der Waals surface area (Å²) in [6.45, 7) is 4.04. The van der Waals surface area contributed by atoms with Gasteiger partial charge in [-0.25, -0.2) is 4.79 Å². The van der Waals surface area contributed by atoms with Gasteiger partial charge in [0.05, 0.1) is 23.2 Å². The molecule has 6 nitrogen and oxygen atoms in total. The van der Waals surface area contributed by atoms with Crippen LogP contribution >= 0.6 is 0 Å². The molecule has 0 saturated heterocycles. The number of H-pyrrole nitrogens is 1. The number of nitrogens with zero attached hydrogens (tertiary/aromatic N) is 2. The lowest BCUT2D eigenvalue weighted by molar-refractivity contribution is 0.217. The molecular formula is C23H21N3O3. The van der Waals surface area contributed by atoms with Crippen LogP contribution in [0.1, 0.15) is 25.8 Å². The minimum Gasteiger partial charge on any atom is -0.490 e. The summed E-state index contributed by atoms with van der Waals surface area (Å²) in [6.07, 6.45) is 2.40. The van der Waals surface area contributed by atoms with Crippen LogP contribution in [0.15, 0.2) is 75.4 Å². The van der Waals surface area contributed by atoms with E-state index in [1.807, 2.05) is 50.2 Å². The zero-order valence-electron chi connectivity index (χ0n) is 16.3. The zero-order chi connectivity index (χ0) is 20.4. The van der Waals surface area contributed by atoms with Crippen molar-refractivity contribution in [3.05, 3.63) is 87.1 Å². The van der Waals surface area contributed by atoms with Crippen molar-refractivity contribution in [3.63, 3.8) is 0 Å². The topological polar surface area (TPSA) is 76.5 Å². The summed E-state index contributed by atoms with van der Waals surface area (Å²) in [5.74, 6) is 0.659. The SMILES string of the molecule is CC[C@H](C)Oc1ccc2ccccc2c1C=Nn1c(=O)[nH]c2ccccc2c1=O. The first-order valence-corrected chi connectivity index (χ1v) is 9.55. The van der Waals surface area contributed by atoms with E-state index in [4.69, 9.17) is 4.74 Å². The normalized spacial score (nSPS) is 12.6. The predicted octanol–water partition coefficient (Wildman–Crippen LogP) is 3.90. The van der Waals surface area contributed by atoms with Crippen LogP contribution in [0.4, 0.5) is 0 Å². The van der Waals surface area contributed by atoms with Crippen LogP contribution in [0.5, 0.6) is 5.75 Å². The molecule has 0 aliphatic carbocycles. The molecule has 0 bridgehead atoms. The number of benzene rings is 3. The molecule has 4 aromatic rings. The summed E-state index contributed by atoms with van der Waals surface area (Å²) in [7, 11) is 0. The number of fused-ring (bicyclic) bond motifs is 2. The second-order valence-electron chi connectivity index (χ2n) is 6.87. The summed E-state index contributed by atoms with van der Waals surface area (Å²) in [4.78, 5) is 27.8.